The zero-order chi connectivity index (χ0) is 9.57. The predicted molar refractivity (Wildman–Crippen MR) is 47.7 cm³/mol. The Kier molecular flexibility index (Phi) is 1.97. The van der Waals surface area contributed by atoms with Crippen molar-refractivity contribution in [2.45, 2.75) is 34.1 Å². The molecule has 2 nitrogen and oxygen atoms in total. The smallest absolute Gasteiger partial charge is 0.312 e. The molecule has 70 valence electrons. The summed E-state index contributed by atoms with van der Waals surface area (Å²) in [5.74, 6) is 0.336. The number of ether oxygens (including phenoxy) is 1. The van der Waals surface area contributed by atoms with Crippen molar-refractivity contribution in [1.82, 2.24) is 0 Å². The molecule has 12 heavy (non-hydrogen) atoms. The molecule has 1 aliphatic carbocycles. The van der Waals surface area contributed by atoms with Crippen molar-refractivity contribution in [3.8, 4) is 0 Å². The van der Waals surface area contributed by atoms with Crippen LogP contribution in [0.1, 0.15) is 34.1 Å². The minimum Gasteiger partial charge on any atom is -0.469 e. The molecular weight excluding hydrogens is 152 g/mol. The van der Waals surface area contributed by atoms with E-state index in [1.807, 2.05) is 0 Å². The van der Waals surface area contributed by atoms with Crippen molar-refractivity contribution >= 4 is 5.97 Å². The molecule has 0 aromatic rings. The Hall–Kier alpha value is -0.530. The molecule has 1 saturated carbocycles. The Bertz CT molecular complexity index is 206. The van der Waals surface area contributed by atoms with Gasteiger partial charge in [0.1, 0.15) is 0 Å². The lowest BCUT2D eigenvalue weighted by Crippen LogP contribution is -2.28. The van der Waals surface area contributed by atoms with Crippen LogP contribution < -0.4 is 0 Å². The topological polar surface area (TPSA) is 26.3 Å². The lowest BCUT2D eigenvalue weighted by atomic mass is 9.85. The fourth-order valence-electron chi connectivity index (χ4n) is 2.40. The van der Waals surface area contributed by atoms with Crippen molar-refractivity contribution in [3.63, 3.8) is 0 Å². The van der Waals surface area contributed by atoms with Crippen molar-refractivity contribution in [3.05, 3.63) is 0 Å². The molecule has 1 atom stereocenters. The van der Waals surface area contributed by atoms with Gasteiger partial charge in [-0.15, -0.1) is 0 Å². The van der Waals surface area contributed by atoms with Gasteiger partial charge in [-0.05, 0) is 17.8 Å². The molecule has 1 aliphatic rings. The highest BCUT2D eigenvalue weighted by atomic mass is 16.5. The van der Waals surface area contributed by atoms with Gasteiger partial charge in [-0.3, -0.25) is 4.79 Å². The van der Waals surface area contributed by atoms with Gasteiger partial charge in [-0.1, -0.05) is 27.7 Å². The molecule has 0 spiro atoms. The lowest BCUT2D eigenvalue weighted by molar-refractivity contribution is -0.150. The molecule has 0 aromatic heterocycles. The standard InChI is InChI=1S/C10H18O2/c1-7(2)10(8(11)12-5)6-9(10,3)4/h7H,6H2,1-5H3. The van der Waals surface area contributed by atoms with Crippen LogP contribution in [-0.2, 0) is 9.53 Å². The molecule has 0 aromatic carbocycles. The first-order valence-corrected chi connectivity index (χ1v) is 4.47. The number of esters is 1. The average Bonchev–Trinajstić information content (AvgIpc) is 2.54. The van der Waals surface area contributed by atoms with E-state index in [0.717, 1.165) is 6.42 Å². The number of hydrogen-bond donors (Lipinski definition) is 0. The molecule has 0 aliphatic heterocycles. The van der Waals surface area contributed by atoms with E-state index in [4.69, 9.17) is 4.74 Å². The van der Waals surface area contributed by atoms with Gasteiger partial charge in [0.05, 0.1) is 12.5 Å². The van der Waals surface area contributed by atoms with Crippen molar-refractivity contribution in [1.29, 1.82) is 0 Å². The van der Waals surface area contributed by atoms with Crippen LogP contribution in [0.5, 0.6) is 0 Å². The molecule has 0 amide bonds. The van der Waals surface area contributed by atoms with Gasteiger partial charge in [0.25, 0.3) is 0 Å². The first-order valence-electron chi connectivity index (χ1n) is 4.47. The van der Waals surface area contributed by atoms with E-state index < -0.39 is 0 Å². The summed E-state index contributed by atoms with van der Waals surface area (Å²) in [6, 6.07) is 0. The summed E-state index contributed by atoms with van der Waals surface area (Å²) in [6.45, 7) is 8.44. The lowest BCUT2D eigenvalue weighted by Gasteiger charge is -2.21. The first kappa shape index (κ1) is 9.56. The van der Waals surface area contributed by atoms with Crippen LogP contribution in [0.2, 0.25) is 0 Å². The number of rotatable bonds is 2. The number of carbonyl (C=O) groups is 1. The van der Waals surface area contributed by atoms with Crippen LogP contribution in [0.25, 0.3) is 0 Å². The van der Waals surface area contributed by atoms with Gasteiger partial charge >= 0.3 is 5.97 Å². The Morgan fingerprint density at radius 2 is 1.83 bits per heavy atom. The predicted octanol–water partition coefficient (Wildman–Crippen LogP) is 2.23. The highest BCUT2D eigenvalue weighted by Gasteiger charge is 2.68. The van der Waals surface area contributed by atoms with E-state index in [1.54, 1.807) is 0 Å². The number of hydrogen-bond acceptors (Lipinski definition) is 2. The molecule has 0 radical (unpaired) electrons. The maximum atomic E-state index is 11.5. The summed E-state index contributed by atoms with van der Waals surface area (Å²) in [7, 11) is 1.47. The number of methoxy groups -OCH3 is 1. The third kappa shape index (κ3) is 0.970. The van der Waals surface area contributed by atoms with Crippen molar-refractivity contribution in [2.75, 3.05) is 7.11 Å². The summed E-state index contributed by atoms with van der Waals surface area (Å²) < 4.78 is 4.84. The molecule has 0 N–H and O–H groups in total. The van der Waals surface area contributed by atoms with E-state index in [1.165, 1.54) is 7.11 Å². The number of carbonyl (C=O) groups excluding carboxylic acids is 1. The molecule has 0 heterocycles. The van der Waals surface area contributed by atoms with Crippen LogP contribution in [-0.4, -0.2) is 13.1 Å². The van der Waals surface area contributed by atoms with Gasteiger partial charge < -0.3 is 4.74 Å². The monoisotopic (exact) mass is 170 g/mol. The van der Waals surface area contributed by atoms with E-state index >= 15 is 0 Å². The van der Waals surface area contributed by atoms with Crippen LogP contribution in [0.3, 0.4) is 0 Å². The summed E-state index contributed by atoms with van der Waals surface area (Å²) in [4.78, 5) is 11.5. The maximum absolute atomic E-state index is 11.5. The minimum absolute atomic E-state index is 0.0394. The molecule has 1 rings (SSSR count). The van der Waals surface area contributed by atoms with Gasteiger partial charge in [-0.2, -0.15) is 0 Å². The summed E-state index contributed by atoms with van der Waals surface area (Å²) in [6.07, 6.45) is 0.963. The summed E-state index contributed by atoms with van der Waals surface area (Å²) in [5, 5.41) is 0. The fraction of sp³-hybridized carbons (Fsp3) is 0.900. The van der Waals surface area contributed by atoms with Crippen LogP contribution in [0.15, 0.2) is 0 Å². The van der Waals surface area contributed by atoms with Gasteiger partial charge in [0.15, 0.2) is 0 Å². The van der Waals surface area contributed by atoms with E-state index in [9.17, 15) is 4.79 Å². The molecule has 1 unspecified atom stereocenters. The highest BCUT2D eigenvalue weighted by molar-refractivity contribution is 5.82. The Balaban J connectivity index is 2.87. The van der Waals surface area contributed by atoms with Gasteiger partial charge in [-0.25, -0.2) is 0 Å². The highest BCUT2D eigenvalue weighted by Crippen LogP contribution is 2.67. The second kappa shape index (κ2) is 2.48. The fourth-order valence-corrected chi connectivity index (χ4v) is 2.40. The quantitative estimate of drug-likeness (QED) is 0.594. The zero-order valence-electron chi connectivity index (χ0n) is 8.60. The molecular formula is C10H18O2. The van der Waals surface area contributed by atoms with Crippen molar-refractivity contribution in [2.24, 2.45) is 16.7 Å². The second-order valence-corrected chi connectivity index (χ2v) is 4.68. The SMILES string of the molecule is COC(=O)C1(C(C)C)CC1(C)C. The van der Waals surface area contributed by atoms with Crippen LogP contribution >= 0.6 is 0 Å². The third-order valence-corrected chi connectivity index (χ3v) is 3.34. The Morgan fingerprint density at radius 3 is 1.92 bits per heavy atom. The largest absolute Gasteiger partial charge is 0.469 e. The van der Waals surface area contributed by atoms with Crippen LogP contribution in [0.4, 0.5) is 0 Å². The summed E-state index contributed by atoms with van der Waals surface area (Å²) >= 11 is 0. The first-order chi connectivity index (χ1) is 5.38. The normalized spacial score (nSPS) is 31.8. The van der Waals surface area contributed by atoms with E-state index in [2.05, 4.69) is 27.7 Å². The maximum Gasteiger partial charge on any atom is 0.312 e. The average molecular weight is 170 g/mol. The second-order valence-electron chi connectivity index (χ2n) is 4.68. The molecule has 2 heteroatoms. The molecule has 0 saturated heterocycles. The zero-order valence-corrected chi connectivity index (χ0v) is 8.60. The Morgan fingerprint density at radius 1 is 1.42 bits per heavy atom. The van der Waals surface area contributed by atoms with E-state index in [-0.39, 0.29) is 16.8 Å². The van der Waals surface area contributed by atoms with Crippen molar-refractivity contribution < 1.29 is 9.53 Å². The van der Waals surface area contributed by atoms with Gasteiger partial charge in [0, 0.05) is 0 Å². The van der Waals surface area contributed by atoms with E-state index in [0.29, 0.717) is 5.92 Å². The van der Waals surface area contributed by atoms with Crippen LogP contribution in [0, 0.1) is 16.7 Å². The minimum atomic E-state index is -0.207. The third-order valence-electron chi connectivity index (χ3n) is 3.34. The molecule has 1 fully saturated rings. The summed E-state index contributed by atoms with van der Waals surface area (Å²) in [5.41, 5.74) is -0.0734. The molecule has 0 bridgehead atoms. The van der Waals surface area contributed by atoms with Gasteiger partial charge in [0.2, 0.25) is 0 Å². The Labute approximate surface area is 74.3 Å².